The number of ether oxygens (including phenoxy) is 4. The van der Waals surface area contributed by atoms with Crippen LogP contribution >= 0.6 is 0 Å². The SMILES string of the molecule is CCOC(=O)/C=C/C1=COC[C@@H](OCc2ccccc2)[C@H]1OCc1ccccc1. The van der Waals surface area contributed by atoms with Gasteiger partial charge in [-0.2, -0.15) is 0 Å². The number of benzene rings is 2. The van der Waals surface area contributed by atoms with E-state index in [9.17, 15) is 4.79 Å². The van der Waals surface area contributed by atoms with E-state index in [1.807, 2.05) is 60.7 Å². The average Bonchev–Trinajstić information content (AvgIpc) is 2.77. The molecular formula is C24H26O5. The molecule has 5 heteroatoms. The van der Waals surface area contributed by atoms with Crippen molar-refractivity contribution in [3.8, 4) is 0 Å². The monoisotopic (exact) mass is 394 g/mol. The van der Waals surface area contributed by atoms with Crippen molar-refractivity contribution in [3.63, 3.8) is 0 Å². The van der Waals surface area contributed by atoms with Crippen molar-refractivity contribution in [2.75, 3.05) is 13.2 Å². The van der Waals surface area contributed by atoms with Crippen LogP contribution in [0.2, 0.25) is 0 Å². The fourth-order valence-corrected chi connectivity index (χ4v) is 2.97. The van der Waals surface area contributed by atoms with Crippen molar-refractivity contribution in [1.29, 1.82) is 0 Å². The van der Waals surface area contributed by atoms with Crippen molar-refractivity contribution < 1.29 is 23.7 Å². The zero-order valence-electron chi connectivity index (χ0n) is 16.5. The first-order chi connectivity index (χ1) is 14.3. The third kappa shape index (κ3) is 6.59. The van der Waals surface area contributed by atoms with Gasteiger partial charge in [0.25, 0.3) is 0 Å². The van der Waals surface area contributed by atoms with Gasteiger partial charge in [0.2, 0.25) is 0 Å². The molecular weight excluding hydrogens is 368 g/mol. The molecule has 0 saturated heterocycles. The molecule has 0 bridgehead atoms. The molecule has 0 saturated carbocycles. The van der Waals surface area contributed by atoms with Gasteiger partial charge < -0.3 is 18.9 Å². The molecule has 29 heavy (non-hydrogen) atoms. The Hall–Kier alpha value is -2.89. The topological polar surface area (TPSA) is 54.0 Å². The molecule has 2 aromatic rings. The van der Waals surface area contributed by atoms with E-state index in [0.29, 0.717) is 26.4 Å². The third-order valence-corrected chi connectivity index (χ3v) is 4.42. The summed E-state index contributed by atoms with van der Waals surface area (Å²) in [6, 6.07) is 19.9. The first-order valence-corrected chi connectivity index (χ1v) is 9.74. The highest BCUT2D eigenvalue weighted by atomic mass is 16.6. The Morgan fingerprint density at radius 3 is 2.24 bits per heavy atom. The second-order valence-electron chi connectivity index (χ2n) is 6.59. The van der Waals surface area contributed by atoms with Gasteiger partial charge in [-0.3, -0.25) is 0 Å². The highest BCUT2D eigenvalue weighted by molar-refractivity contribution is 5.82. The van der Waals surface area contributed by atoms with Crippen molar-refractivity contribution in [2.45, 2.75) is 32.3 Å². The van der Waals surface area contributed by atoms with E-state index in [0.717, 1.165) is 16.7 Å². The van der Waals surface area contributed by atoms with Crippen LogP contribution in [0.25, 0.3) is 0 Å². The average molecular weight is 394 g/mol. The summed E-state index contributed by atoms with van der Waals surface area (Å²) in [6.45, 7) is 3.36. The van der Waals surface area contributed by atoms with Crippen LogP contribution in [0.15, 0.2) is 84.7 Å². The number of carbonyl (C=O) groups excluding carboxylic acids is 1. The van der Waals surface area contributed by atoms with Gasteiger partial charge in [0.1, 0.15) is 18.8 Å². The summed E-state index contributed by atoms with van der Waals surface area (Å²) >= 11 is 0. The van der Waals surface area contributed by atoms with Gasteiger partial charge in [0.15, 0.2) is 0 Å². The lowest BCUT2D eigenvalue weighted by Crippen LogP contribution is -2.39. The first-order valence-electron chi connectivity index (χ1n) is 9.74. The standard InChI is InChI=1S/C24H26O5/c1-2-27-23(25)14-13-21-17-26-18-22(28-15-19-9-5-3-6-10-19)24(21)29-16-20-11-7-4-8-12-20/h3-14,17,22,24H,2,15-16,18H2,1H3/b14-13+/t22-,24+/m1/s1. The lowest BCUT2D eigenvalue weighted by atomic mass is 10.0. The molecule has 1 aliphatic heterocycles. The molecule has 0 radical (unpaired) electrons. The number of rotatable bonds is 9. The Balaban J connectivity index is 1.70. The van der Waals surface area contributed by atoms with E-state index in [-0.39, 0.29) is 12.2 Å². The number of esters is 1. The minimum Gasteiger partial charge on any atom is -0.498 e. The summed E-state index contributed by atoms with van der Waals surface area (Å²) in [5.74, 6) is -0.400. The molecule has 2 atom stereocenters. The van der Waals surface area contributed by atoms with E-state index in [4.69, 9.17) is 18.9 Å². The smallest absolute Gasteiger partial charge is 0.330 e. The van der Waals surface area contributed by atoms with Crippen LogP contribution in [0, 0.1) is 0 Å². The maximum absolute atomic E-state index is 11.7. The summed E-state index contributed by atoms with van der Waals surface area (Å²) in [4.78, 5) is 11.7. The van der Waals surface area contributed by atoms with Gasteiger partial charge >= 0.3 is 5.97 Å². The van der Waals surface area contributed by atoms with Crippen molar-refractivity contribution >= 4 is 5.97 Å². The quantitative estimate of drug-likeness (QED) is 0.472. The Morgan fingerprint density at radius 1 is 1.00 bits per heavy atom. The Bertz CT molecular complexity index is 814. The van der Waals surface area contributed by atoms with Gasteiger partial charge in [-0.25, -0.2) is 4.79 Å². The molecule has 3 rings (SSSR count). The van der Waals surface area contributed by atoms with Crippen LogP contribution in [0.1, 0.15) is 18.1 Å². The van der Waals surface area contributed by atoms with Gasteiger partial charge in [0.05, 0.1) is 26.1 Å². The van der Waals surface area contributed by atoms with Crippen molar-refractivity contribution in [1.82, 2.24) is 0 Å². The van der Waals surface area contributed by atoms with Crippen LogP contribution < -0.4 is 0 Å². The maximum Gasteiger partial charge on any atom is 0.330 e. The second kappa shape index (κ2) is 11.2. The molecule has 5 nitrogen and oxygen atoms in total. The zero-order chi connectivity index (χ0) is 20.3. The van der Waals surface area contributed by atoms with Gasteiger partial charge in [-0.1, -0.05) is 60.7 Å². The fourth-order valence-electron chi connectivity index (χ4n) is 2.97. The maximum atomic E-state index is 11.7. The van der Waals surface area contributed by atoms with Crippen LogP contribution in [0.4, 0.5) is 0 Å². The van der Waals surface area contributed by atoms with E-state index >= 15 is 0 Å². The van der Waals surface area contributed by atoms with Crippen LogP contribution in [-0.4, -0.2) is 31.4 Å². The second-order valence-corrected chi connectivity index (χ2v) is 6.59. The minimum atomic E-state index is -0.400. The third-order valence-electron chi connectivity index (χ3n) is 4.42. The molecule has 1 heterocycles. The Morgan fingerprint density at radius 2 is 1.62 bits per heavy atom. The summed E-state index contributed by atoms with van der Waals surface area (Å²) < 4.78 is 22.9. The molecule has 1 aliphatic rings. The number of carbonyl (C=O) groups is 1. The van der Waals surface area contributed by atoms with E-state index in [2.05, 4.69) is 0 Å². The summed E-state index contributed by atoms with van der Waals surface area (Å²) in [5.41, 5.74) is 2.88. The lowest BCUT2D eigenvalue weighted by molar-refractivity contribution is -0.137. The van der Waals surface area contributed by atoms with Gasteiger partial charge in [0, 0.05) is 11.6 Å². The molecule has 0 spiro atoms. The predicted octanol–water partition coefficient (Wildman–Crippen LogP) is 4.19. The lowest BCUT2D eigenvalue weighted by Gasteiger charge is -2.31. The predicted molar refractivity (Wildman–Crippen MR) is 110 cm³/mol. The molecule has 0 fully saturated rings. The molecule has 0 unspecified atom stereocenters. The van der Waals surface area contributed by atoms with E-state index < -0.39 is 5.97 Å². The van der Waals surface area contributed by atoms with E-state index in [1.165, 1.54) is 6.08 Å². The summed E-state index contributed by atoms with van der Waals surface area (Å²) in [6.07, 6.45) is 4.01. The van der Waals surface area contributed by atoms with Crippen molar-refractivity contribution in [3.05, 3.63) is 95.8 Å². The van der Waals surface area contributed by atoms with Gasteiger partial charge in [-0.05, 0) is 24.1 Å². The number of hydrogen-bond donors (Lipinski definition) is 0. The number of hydrogen-bond acceptors (Lipinski definition) is 5. The largest absolute Gasteiger partial charge is 0.498 e. The summed E-state index contributed by atoms with van der Waals surface area (Å²) in [7, 11) is 0. The van der Waals surface area contributed by atoms with Crippen LogP contribution in [0.5, 0.6) is 0 Å². The van der Waals surface area contributed by atoms with Gasteiger partial charge in [-0.15, -0.1) is 0 Å². The molecule has 2 aromatic carbocycles. The molecule has 0 aromatic heterocycles. The highest BCUT2D eigenvalue weighted by Crippen LogP contribution is 2.23. The molecule has 0 aliphatic carbocycles. The first kappa shape index (κ1) is 20.8. The zero-order valence-corrected chi connectivity index (χ0v) is 16.5. The highest BCUT2D eigenvalue weighted by Gasteiger charge is 2.30. The molecule has 0 N–H and O–H groups in total. The van der Waals surface area contributed by atoms with Crippen molar-refractivity contribution in [2.24, 2.45) is 0 Å². The minimum absolute atomic E-state index is 0.300. The Kier molecular flexibility index (Phi) is 8.04. The normalized spacial score (nSPS) is 18.9. The Labute approximate surface area is 171 Å². The summed E-state index contributed by atoms with van der Waals surface area (Å²) in [5, 5.41) is 0. The van der Waals surface area contributed by atoms with Crippen LogP contribution in [0.3, 0.4) is 0 Å². The fraction of sp³-hybridized carbons (Fsp3) is 0.292. The van der Waals surface area contributed by atoms with E-state index in [1.54, 1.807) is 19.3 Å². The molecule has 152 valence electrons. The van der Waals surface area contributed by atoms with Crippen LogP contribution in [-0.2, 0) is 37.0 Å². The molecule has 0 amide bonds.